The Morgan fingerprint density at radius 1 is 1.18 bits per heavy atom. The molecule has 1 aromatic rings. The lowest BCUT2D eigenvalue weighted by Crippen LogP contribution is -2.36. The second kappa shape index (κ2) is 4.79. The molecule has 1 aliphatic carbocycles. The van der Waals surface area contributed by atoms with E-state index in [4.69, 9.17) is 4.74 Å². The molecule has 0 aromatic heterocycles. The zero-order valence-electron chi connectivity index (χ0n) is 10.6. The molecule has 3 rings (SSSR count). The SMILES string of the molecule is COC1CCCN1C1CCCc2ccccc21. The Kier molecular flexibility index (Phi) is 3.17. The van der Waals surface area contributed by atoms with Gasteiger partial charge < -0.3 is 4.74 Å². The Bertz CT molecular complexity index is 390. The van der Waals surface area contributed by atoms with Crippen LogP contribution in [-0.4, -0.2) is 24.8 Å². The number of rotatable bonds is 2. The van der Waals surface area contributed by atoms with Gasteiger partial charge in [-0.3, -0.25) is 4.90 Å². The van der Waals surface area contributed by atoms with Crippen molar-refractivity contribution in [3.05, 3.63) is 35.4 Å². The summed E-state index contributed by atoms with van der Waals surface area (Å²) in [5.41, 5.74) is 3.09. The molecule has 1 aromatic carbocycles. The smallest absolute Gasteiger partial charge is 0.110 e. The van der Waals surface area contributed by atoms with Gasteiger partial charge in [-0.25, -0.2) is 0 Å². The number of likely N-dealkylation sites (tertiary alicyclic amines) is 1. The summed E-state index contributed by atoms with van der Waals surface area (Å²) in [4.78, 5) is 2.57. The summed E-state index contributed by atoms with van der Waals surface area (Å²) >= 11 is 0. The molecular formula is C15H21NO. The fourth-order valence-electron chi connectivity index (χ4n) is 3.44. The van der Waals surface area contributed by atoms with Crippen molar-refractivity contribution >= 4 is 0 Å². The van der Waals surface area contributed by atoms with E-state index >= 15 is 0 Å². The molecule has 0 amide bonds. The molecule has 1 aliphatic heterocycles. The number of ether oxygens (including phenoxy) is 1. The maximum absolute atomic E-state index is 5.62. The predicted molar refractivity (Wildman–Crippen MR) is 68.9 cm³/mol. The van der Waals surface area contributed by atoms with Gasteiger partial charge in [0.2, 0.25) is 0 Å². The summed E-state index contributed by atoms with van der Waals surface area (Å²) < 4.78 is 5.62. The summed E-state index contributed by atoms with van der Waals surface area (Å²) in [5, 5.41) is 0. The van der Waals surface area contributed by atoms with Gasteiger partial charge in [0.15, 0.2) is 0 Å². The highest BCUT2D eigenvalue weighted by Gasteiger charge is 2.33. The van der Waals surface area contributed by atoms with Crippen molar-refractivity contribution in [1.82, 2.24) is 4.90 Å². The third-order valence-corrected chi connectivity index (χ3v) is 4.25. The molecule has 1 heterocycles. The maximum atomic E-state index is 5.62. The van der Waals surface area contributed by atoms with Crippen molar-refractivity contribution in [3.8, 4) is 0 Å². The zero-order chi connectivity index (χ0) is 11.7. The van der Waals surface area contributed by atoms with Crippen LogP contribution in [0.4, 0.5) is 0 Å². The largest absolute Gasteiger partial charge is 0.366 e. The summed E-state index contributed by atoms with van der Waals surface area (Å²) in [6, 6.07) is 9.53. The maximum Gasteiger partial charge on any atom is 0.110 e. The first kappa shape index (κ1) is 11.2. The van der Waals surface area contributed by atoms with Crippen molar-refractivity contribution in [3.63, 3.8) is 0 Å². The molecule has 0 saturated carbocycles. The van der Waals surface area contributed by atoms with Gasteiger partial charge in [-0.1, -0.05) is 24.3 Å². The monoisotopic (exact) mass is 231 g/mol. The van der Waals surface area contributed by atoms with Crippen LogP contribution in [0.5, 0.6) is 0 Å². The lowest BCUT2D eigenvalue weighted by Gasteiger charge is -2.36. The van der Waals surface area contributed by atoms with E-state index in [1.807, 2.05) is 7.11 Å². The van der Waals surface area contributed by atoms with Gasteiger partial charge in [0, 0.05) is 19.7 Å². The van der Waals surface area contributed by atoms with Crippen LogP contribution in [0.3, 0.4) is 0 Å². The van der Waals surface area contributed by atoms with Crippen LogP contribution >= 0.6 is 0 Å². The Labute approximate surface area is 104 Å². The molecule has 2 nitrogen and oxygen atoms in total. The van der Waals surface area contributed by atoms with E-state index < -0.39 is 0 Å². The van der Waals surface area contributed by atoms with Crippen LogP contribution in [-0.2, 0) is 11.2 Å². The topological polar surface area (TPSA) is 12.5 Å². The first-order chi connectivity index (χ1) is 8.40. The zero-order valence-corrected chi connectivity index (χ0v) is 10.6. The van der Waals surface area contributed by atoms with Gasteiger partial charge in [-0.15, -0.1) is 0 Å². The number of hydrogen-bond donors (Lipinski definition) is 0. The molecule has 2 unspecified atom stereocenters. The molecule has 2 aliphatic rings. The summed E-state index contributed by atoms with van der Waals surface area (Å²) in [7, 11) is 1.84. The van der Waals surface area contributed by atoms with Crippen molar-refractivity contribution in [2.24, 2.45) is 0 Å². The van der Waals surface area contributed by atoms with Gasteiger partial charge in [0.25, 0.3) is 0 Å². The van der Waals surface area contributed by atoms with Crippen molar-refractivity contribution in [2.45, 2.75) is 44.4 Å². The lowest BCUT2D eigenvalue weighted by molar-refractivity contribution is -0.0312. The summed E-state index contributed by atoms with van der Waals surface area (Å²) in [5.74, 6) is 0. The van der Waals surface area contributed by atoms with Crippen LogP contribution in [0.1, 0.15) is 42.9 Å². The lowest BCUT2D eigenvalue weighted by atomic mass is 9.87. The van der Waals surface area contributed by atoms with Gasteiger partial charge in [-0.2, -0.15) is 0 Å². The second-order valence-electron chi connectivity index (χ2n) is 5.18. The van der Waals surface area contributed by atoms with Crippen LogP contribution in [0, 0.1) is 0 Å². The minimum Gasteiger partial charge on any atom is -0.366 e. The molecule has 17 heavy (non-hydrogen) atoms. The normalized spacial score (nSPS) is 29.2. The number of benzene rings is 1. The summed E-state index contributed by atoms with van der Waals surface area (Å²) in [6.45, 7) is 1.19. The van der Waals surface area contributed by atoms with E-state index in [1.165, 1.54) is 38.6 Å². The van der Waals surface area contributed by atoms with E-state index in [1.54, 1.807) is 11.1 Å². The minimum absolute atomic E-state index is 0.339. The van der Waals surface area contributed by atoms with Crippen molar-refractivity contribution in [1.29, 1.82) is 0 Å². The molecule has 1 saturated heterocycles. The van der Waals surface area contributed by atoms with Gasteiger partial charge in [0.1, 0.15) is 6.23 Å². The van der Waals surface area contributed by atoms with Gasteiger partial charge in [0.05, 0.1) is 0 Å². The molecule has 0 N–H and O–H groups in total. The van der Waals surface area contributed by atoms with Crippen LogP contribution < -0.4 is 0 Å². The second-order valence-corrected chi connectivity index (χ2v) is 5.18. The Balaban J connectivity index is 1.89. The molecule has 1 fully saturated rings. The van der Waals surface area contributed by atoms with E-state index in [2.05, 4.69) is 29.2 Å². The highest BCUT2D eigenvalue weighted by Crippen LogP contribution is 2.38. The standard InChI is InChI=1S/C15H21NO/c1-17-15-10-5-11-16(15)14-9-4-7-12-6-2-3-8-13(12)14/h2-3,6,8,14-15H,4-5,7,9-11H2,1H3. The number of methoxy groups -OCH3 is 1. The molecule has 2 heteroatoms. The molecule has 2 atom stereocenters. The average Bonchev–Trinajstić information content (AvgIpc) is 2.86. The average molecular weight is 231 g/mol. The first-order valence-electron chi connectivity index (χ1n) is 6.76. The highest BCUT2D eigenvalue weighted by atomic mass is 16.5. The molecule has 0 spiro atoms. The Morgan fingerprint density at radius 3 is 2.94 bits per heavy atom. The van der Waals surface area contributed by atoms with Gasteiger partial charge in [-0.05, 0) is 43.2 Å². The number of hydrogen-bond acceptors (Lipinski definition) is 2. The Morgan fingerprint density at radius 2 is 2.06 bits per heavy atom. The van der Waals surface area contributed by atoms with E-state index in [9.17, 15) is 0 Å². The van der Waals surface area contributed by atoms with Gasteiger partial charge >= 0.3 is 0 Å². The van der Waals surface area contributed by atoms with Crippen LogP contribution in [0.25, 0.3) is 0 Å². The highest BCUT2D eigenvalue weighted by molar-refractivity contribution is 5.32. The molecule has 92 valence electrons. The van der Waals surface area contributed by atoms with E-state index in [0.717, 1.165) is 0 Å². The predicted octanol–water partition coefficient (Wildman–Crippen LogP) is 3.13. The third-order valence-electron chi connectivity index (χ3n) is 4.25. The van der Waals surface area contributed by atoms with E-state index in [-0.39, 0.29) is 0 Å². The quantitative estimate of drug-likeness (QED) is 0.775. The molecular weight excluding hydrogens is 210 g/mol. The van der Waals surface area contributed by atoms with Crippen molar-refractivity contribution in [2.75, 3.05) is 13.7 Å². The van der Waals surface area contributed by atoms with E-state index in [0.29, 0.717) is 12.3 Å². The van der Waals surface area contributed by atoms with Crippen LogP contribution in [0.15, 0.2) is 24.3 Å². The van der Waals surface area contributed by atoms with Crippen molar-refractivity contribution < 1.29 is 4.74 Å². The minimum atomic E-state index is 0.339. The fourth-order valence-corrected chi connectivity index (χ4v) is 3.44. The number of aryl methyl sites for hydroxylation is 1. The third kappa shape index (κ3) is 2.00. The number of nitrogens with zero attached hydrogens (tertiary/aromatic N) is 1. The first-order valence-corrected chi connectivity index (χ1v) is 6.76. The molecule has 0 bridgehead atoms. The fraction of sp³-hybridized carbons (Fsp3) is 0.600. The molecule has 0 radical (unpaired) electrons. The Hall–Kier alpha value is -0.860. The number of fused-ring (bicyclic) bond motifs is 1. The van der Waals surface area contributed by atoms with Crippen LogP contribution in [0.2, 0.25) is 0 Å². The summed E-state index contributed by atoms with van der Waals surface area (Å²) in [6.07, 6.45) is 6.65.